The molecule has 2 N–H and O–H groups in total. The lowest BCUT2D eigenvalue weighted by molar-refractivity contribution is -0.0544. The third-order valence-corrected chi connectivity index (χ3v) is 2.87. The zero-order valence-electron chi connectivity index (χ0n) is 9.49. The lowest BCUT2D eigenvalue weighted by Crippen LogP contribution is -2.55. The second kappa shape index (κ2) is 5.32. The molecule has 1 atom stereocenters. The number of nitrogens with two attached hydrogens (primary N) is 1. The van der Waals surface area contributed by atoms with E-state index in [4.69, 9.17) is 15.2 Å². The van der Waals surface area contributed by atoms with Crippen LogP contribution >= 0.6 is 0 Å². The van der Waals surface area contributed by atoms with Gasteiger partial charge in [-0.05, 0) is 19.8 Å². The van der Waals surface area contributed by atoms with Gasteiger partial charge in [-0.25, -0.2) is 4.79 Å². The summed E-state index contributed by atoms with van der Waals surface area (Å²) >= 11 is 0. The van der Waals surface area contributed by atoms with Crippen LogP contribution in [0.25, 0.3) is 0 Å². The third kappa shape index (κ3) is 2.82. The SMILES string of the molecule is CCOC(=O)N1CCCC(CN)(OC)C1. The average Bonchev–Trinajstić information content (AvgIpc) is 2.29. The fraction of sp³-hybridized carbons (Fsp3) is 0.900. The van der Waals surface area contributed by atoms with Gasteiger partial charge in [0.05, 0.1) is 18.8 Å². The van der Waals surface area contributed by atoms with E-state index in [9.17, 15) is 4.79 Å². The fourth-order valence-corrected chi connectivity index (χ4v) is 1.89. The Morgan fingerprint density at radius 3 is 2.87 bits per heavy atom. The van der Waals surface area contributed by atoms with E-state index in [0.29, 0.717) is 19.7 Å². The number of rotatable bonds is 3. The van der Waals surface area contributed by atoms with Crippen LogP contribution in [0.4, 0.5) is 4.79 Å². The van der Waals surface area contributed by atoms with E-state index in [2.05, 4.69) is 0 Å². The minimum atomic E-state index is -0.384. The zero-order valence-corrected chi connectivity index (χ0v) is 9.49. The van der Waals surface area contributed by atoms with Crippen molar-refractivity contribution < 1.29 is 14.3 Å². The van der Waals surface area contributed by atoms with Gasteiger partial charge in [0.1, 0.15) is 0 Å². The number of likely N-dealkylation sites (tertiary alicyclic amines) is 1. The summed E-state index contributed by atoms with van der Waals surface area (Å²) in [6.45, 7) is 3.88. The molecule has 0 aliphatic carbocycles. The van der Waals surface area contributed by atoms with Crippen molar-refractivity contribution in [1.29, 1.82) is 0 Å². The summed E-state index contributed by atoms with van der Waals surface area (Å²) in [5, 5.41) is 0. The molecule has 5 nitrogen and oxygen atoms in total. The van der Waals surface area contributed by atoms with E-state index in [-0.39, 0.29) is 11.7 Å². The van der Waals surface area contributed by atoms with Gasteiger partial charge < -0.3 is 20.1 Å². The van der Waals surface area contributed by atoms with Crippen LogP contribution in [0.1, 0.15) is 19.8 Å². The Balaban J connectivity index is 2.58. The summed E-state index contributed by atoms with van der Waals surface area (Å²) in [4.78, 5) is 13.2. The van der Waals surface area contributed by atoms with Gasteiger partial charge in [-0.15, -0.1) is 0 Å². The van der Waals surface area contributed by atoms with Crippen LogP contribution in [0.5, 0.6) is 0 Å². The first-order valence-corrected chi connectivity index (χ1v) is 5.34. The number of carbonyl (C=O) groups is 1. The summed E-state index contributed by atoms with van der Waals surface area (Å²) in [6, 6.07) is 0. The largest absolute Gasteiger partial charge is 0.450 e. The number of carbonyl (C=O) groups excluding carboxylic acids is 1. The van der Waals surface area contributed by atoms with Gasteiger partial charge in [-0.3, -0.25) is 0 Å². The van der Waals surface area contributed by atoms with Crippen molar-refractivity contribution in [2.75, 3.05) is 33.4 Å². The zero-order chi connectivity index (χ0) is 11.3. The molecule has 1 amide bonds. The Hall–Kier alpha value is -0.810. The topological polar surface area (TPSA) is 64.8 Å². The molecule has 88 valence electrons. The normalized spacial score (nSPS) is 26.5. The van der Waals surface area contributed by atoms with E-state index < -0.39 is 0 Å². The molecule has 1 unspecified atom stereocenters. The van der Waals surface area contributed by atoms with Gasteiger partial charge in [0.25, 0.3) is 0 Å². The molecule has 0 aromatic rings. The summed E-state index contributed by atoms with van der Waals surface area (Å²) < 4.78 is 10.4. The summed E-state index contributed by atoms with van der Waals surface area (Å²) in [6.07, 6.45) is 1.53. The van der Waals surface area contributed by atoms with Crippen LogP contribution in [0.3, 0.4) is 0 Å². The number of nitrogens with zero attached hydrogens (tertiary/aromatic N) is 1. The summed E-state index contributed by atoms with van der Waals surface area (Å²) in [7, 11) is 1.64. The van der Waals surface area contributed by atoms with E-state index in [0.717, 1.165) is 19.4 Å². The van der Waals surface area contributed by atoms with Gasteiger partial charge in [0, 0.05) is 20.2 Å². The van der Waals surface area contributed by atoms with E-state index in [1.165, 1.54) is 0 Å². The highest BCUT2D eigenvalue weighted by atomic mass is 16.6. The van der Waals surface area contributed by atoms with Gasteiger partial charge in [0.15, 0.2) is 0 Å². The van der Waals surface area contributed by atoms with Crippen LogP contribution in [0, 0.1) is 0 Å². The second-order valence-electron chi connectivity index (χ2n) is 3.82. The van der Waals surface area contributed by atoms with Crippen molar-refractivity contribution in [3.63, 3.8) is 0 Å². The van der Waals surface area contributed by atoms with Crippen molar-refractivity contribution >= 4 is 6.09 Å². The molecule has 0 bridgehead atoms. The first-order valence-electron chi connectivity index (χ1n) is 5.34. The van der Waals surface area contributed by atoms with Crippen molar-refractivity contribution in [3.05, 3.63) is 0 Å². The first kappa shape index (κ1) is 12.3. The molecule has 1 aliphatic rings. The minimum Gasteiger partial charge on any atom is -0.450 e. The van der Waals surface area contributed by atoms with Crippen molar-refractivity contribution in [2.45, 2.75) is 25.4 Å². The summed E-state index contributed by atoms with van der Waals surface area (Å²) in [5.74, 6) is 0. The minimum absolute atomic E-state index is 0.271. The molecule has 0 saturated carbocycles. The molecule has 1 aliphatic heterocycles. The molecular weight excluding hydrogens is 196 g/mol. The van der Waals surface area contributed by atoms with E-state index in [1.807, 2.05) is 0 Å². The van der Waals surface area contributed by atoms with Gasteiger partial charge in [-0.1, -0.05) is 0 Å². The molecule has 1 fully saturated rings. The second-order valence-corrected chi connectivity index (χ2v) is 3.82. The molecule has 1 saturated heterocycles. The highest BCUT2D eigenvalue weighted by Gasteiger charge is 2.36. The molecule has 5 heteroatoms. The predicted molar refractivity (Wildman–Crippen MR) is 56.6 cm³/mol. The summed E-state index contributed by atoms with van der Waals surface area (Å²) in [5.41, 5.74) is 5.30. The Kier molecular flexibility index (Phi) is 4.35. The monoisotopic (exact) mass is 216 g/mol. The van der Waals surface area contributed by atoms with Crippen molar-refractivity contribution in [3.8, 4) is 0 Å². The average molecular weight is 216 g/mol. The Morgan fingerprint density at radius 1 is 1.60 bits per heavy atom. The van der Waals surface area contributed by atoms with Crippen molar-refractivity contribution in [1.82, 2.24) is 4.90 Å². The third-order valence-electron chi connectivity index (χ3n) is 2.87. The maximum absolute atomic E-state index is 11.5. The maximum atomic E-state index is 11.5. The highest BCUT2D eigenvalue weighted by Crippen LogP contribution is 2.23. The Bertz CT molecular complexity index is 217. The van der Waals surface area contributed by atoms with E-state index in [1.54, 1.807) is 18.9 Å². The standard InChI is InChI=1S/C10H20N2O3/c1-3-15-9(13)12-6-4-5-10(7-11,8-12)14-2/h3-8,11H2,1-2H3. The predicted octanol–water partition coefficient (Wildman–Crippen LogP) is 0.583. The molecule has 0 aromatic heterocycles. The Labute approximate surface area is 90.5 Å². The molecule has 0 aromatic carbocycles. The number of hydrogen-bond donors (Lipinski definition) is 1. The van der Waals surface area contributed by atoms with Crippen LogP contribution in [-0.2, 0) is 9.47 Å². The van der Waals surface area contributed by atoms with Crippen LogP contribution in [-0.4, -0.2) is 49.9 Å². The molecular formula is C10H20N2O3. The molecule has 1 heterocycles. The van der Waals surface area contributed by atoms with E-state index >= 15 is 0 Å². The van der Waals surface area contributed by atoms with Crippen LogP contribution < -0.4 is 5.73 Å². The van der Waals surface area contributed by atoms with Gasteiger partial charge >= 0.3 is 6.09 Å². The lowest BCUT2D eigenvalue weighted by Gasteiger charge is -2.40. The molecule has 15 heavy (non-hydrogen) atoms. The highest BCUT2D eigenvalue weighted by molar-refractivity contribution is 5.67. The van der Waals surface area contributed by atoms with Gasteiger partial charge in [-0.2, -0.15) is 0 Å². The number of piperidine rings is 1. The van der Waals surface area contributed by atoms with Crippen LogP contribution in [0.15, 0.2) is 0 Å². The molecule has 0 radical (unpaired) electrons. The Morgan fingerprint density at radius 2 is 2.33 bits per heavy atom. The smallest absolute Gasteiger partial charge is 0.409 e. The quantitative estimate of drug-likeness (QED) is 0.749. The number of amides is 1. The van der Waals surface area contributed by atoms with Gasteiger partial charge in [0.2, 0.25) is 0 Å². The molecule has 1 rings (SSSR count). The number of methoxy groups -OCH3 is 1. The number of hydrogen-bond acceptors (Lipinski definition) is 4. The lowest BCUT2D eigenvalue weighted by atomic mass is 9.93. The maximum Gasteiger partial charge on any atom is 0.409 e. The fourth-order valence-electron chi connectivity index (χ4n) is 1.89. The van der Waals surface area contributed by atoms with Crippen LogP contribution in [0.2, 0.25) is 0 Å². The van der Waals surface area contributed by atoms with Crippen molar-refractivity contribution in [2.24, 2.45) is 5.73 Å². The number of ether oxygens (including phenoxy) is 2. The first-order chi connectivity index (χ1) is 7.17. The molecule has 0 spiro atoms.